The molecule has 2 aromatic rings. The quantitative estimate of drug-likeness (QED) is 0.637. The number of ether oxygens (including phenoxy) is 1. The van der Waals surface area contributed by atoms with Gasteiger partial charge in [-0.05, 0) is 30.7 Å². The van der Waals surface area contributed by atoms with Crippen LogP contribution in [0.2, 0.25) is 0 Å². The molecule has 1 N–H and O–H groups in total. The highest BCUT2D eigenvalue weighted by molar-refractivity contribution is 7.91. The third-order valence-corrected chi connectivity index (χ3v) is 8.15. The first-order valence-electron chi connectivity index (χ1n) is 11.2. The number of hydrogen-bond donors (Lipinski definition) is 1. The molecule has 10 heteroatoms. The highest BCUT2D eigenvalue weighted by atomic mass is 32.2. The normalized spacial score (nSPS) is 21.3. The van der Waals surface area contributed by atoms with E-state index < -0.39 is 21.6 Å². The van der Waals surface area contributed by atoms with Crippen molar-refractivity contribution in [2.45, 2.75) is 37.6 Å². The summed E-state index contributed by atoms with van der Waals surface area (Å²) in [5.41, 5.74) is 0.528. The van der Waals surface area contributed by atoms with Crippen molar-refractivity contribution in [2.24, 2.45) is 0 Å². The fourth-order valence-electron chi connectivity index (χ4n) is 4.53. The number of carbonyl (C=O) groups excluding carboxylic acids is 1. The van der Waals surface area contributed by atoms with Gasteiger partial charge in [-0.1, -0.05) is 36.4 Å². The molecular weight excluding hydrogens is 469 g/mol. The number of nitrogens with one attached hydrogen (secondary N) is 1. The van der Waals surface area contributed by atoms with Crippen LogP contribution < -0.4 is 10.1 Å². The number of benzene rings is 2. The molecule has 184 valence electrons. The summed E-state index contributed by atoms with van der Waals surface area (Å²) < 4.78 is 69.8. The van der Waals surface area contributed by atoms with Crippen molar-refractivity contribution in [3.8, 4) is 16.9 Å². The molecule has 0 radical (unpaired) electrons. The number of amides is 1. The Morgan fingerprint density at radius 3 is 2.59 bits per heavy atom. The lowest BCUT2D eigenvalue weighted by Gasteiger charge is -2.22. The number of rotatable bonds is 7. The minimum absolute atomic E-state index is 0.0634. The second-order valence-corrected chi connectivity index (χ2v) is 11.1. The summed E-state index contributed by atoms with van der Waals surface area (Å²) in [7, 11) is -1.17. The first kappa shape index (κ1) is 24.5. The van der Waals surface area contributed by atoms with Crippen molar-refractivity contribution in [3.05, 3.63) is 53.6 Å². The van der Waals surface area contributed by atoms with E-state index in [1.165, 1.54) is 12.1 Å². The topological polar surface area (TPSA) is 75.7 Å². The van der Waals surface area contributed by atoms with E-state index in [-0.39, 0.29) is 48.1 Å². The lowest BCUT2D eigenvalue weighted by atomic mass is 9.96. The smallest absolute Gasteiger partial charge is 0.417 e. The zero-order valence-electron chi connectivity index (χ0n) is 18.8. The van der Waals surface area contributed by atoms with Crippen LogP contribution in [-0.4, -0.2) is 63.0 Å². The lowest BCUT2D eigenvalue weighted by Crippen LogP contribution is -2.38. The minimum Gasteiger partial charge on any atom is -0.487 e. The Balaban J connectivity index is 1.34. The third-order valence-electron chi connectivity index (χ3n) is 6.40. The molecule has 2 aromatic carbocycles. The lowest BCUT2D eigenvalue weighted by molar-refractivity contribution is -0.137. The summed E-state index contributed by atoms with van der Waals surface area (Å²) in [6, 6.07) is 10.5. The van der Waals surface area contributed by atoms with Gasteiger partial charge in [-0.2, -0.15) is 13.2 Å². The average Bonchev–Trinajstić information content (AvgIpc) is 3.37. The molecular formula is C24H27F3N2O4S. The Labute approximate surface area is 197 Å². The first-order chi connectivity index (χ1) is 16.0. The molecule has 2 heterocycles. The van der Waals surface area contributed by atoms with E-state index in [0.29, 0.717) is 30.7 Å². The fraction of sp³-hybridized carbons (Fsp3) is 0.458. The number of para-hydroxylation sites is 1. The van der Waals surface area contributed by atoms with Crippen LogP contribution in [0.4, 0.5) is 13.2 Å². The fourth-order valence-corrected chi connectivity index (χ4v) is 6.33. The van der Waals surface area contributed by atoms with Gasteiger partial charge >= 0.3 is 6.18 Å². The summed E-state index contributed by atoms with van der Waals surface area (Å²) in [4.78, 5) is 14.2. The van der Waals surface area contributed by atoms with Crippen LogP contribution in [0.25, 0.3) is 11.1 Å². The maximum Gasteiger partial charge on any atom is 0.417 e. The first-order valence-corrected chi connectivity index (χ1v) is 13.0. The van der Waals surface area contributed by atoms with Crippen LogP contribution >= 0.6 is 0 Å². The van der Waals surface area contributed by atoms with Crippen LogP contribution in [0.3, 0.4) is 0 Å². The van der Waals surface area contributed by atoms with Crippen molar-refractivity contribution in [3.63, 3.8) is 0 Å². The summed E-state index contributed by atoms with van der Waals surface area (Å²) in [6.07, 6.45) is -3.58. The molecule has 4 rings (SSSR count). The highest BCUT2D eigenvalue weighted by Gasteiger charge is 2.35. The molecule has 1 saturated heterocycles. The van der Waals surface area contributed by atoms with Crippen LogP contribution in [-0.2, 0) is 27.2 Å². The number of fused-ring (bicyclic) bond motifs is 1. The molecule has 0 spiro atoms. The van der Waals surface area contributed by atoms with Crippen molar-refractivity contribution < 1.29 is 31.1 Å². The van der Waals surface area contributed by atoms with Crippen molar-refractivity contribution in [1.82, 2.24) is 10.2 Å². The van der Waals surface area contributed by atoms with E-state index in [1.807, 2.05) is 18.0 Å². The molecule has 1 amide bonds. The van der Waals surface area contributed by atoms with Gasteiger partial charge in [0.2, 0.25) is 5.91 Å². The van der Waals surface area contributed by atoms with E-state index >= 15 is 0 Å². The van der Waals surface area contributed by atoms with E-state index in [9.17, 15) is 26.4 Å². The second kappa shape index (κ2) is 9.58. The van der Waals surface area contributed by atoms with Crippen molar-refractivity contribution >= 4 is 15.7 Å². The summed E-state index contributed by atoms with van der Waals surface area (Å²) in [6.45, 7) is 0.672. The molecule has 0 unspecified atom stereocenters. The molecule has 1 fully saturated rings. The van der Waals surface area contributed by atoms with Gasteiger partial charge in [-0.3, -0.25) is 4.79 Å². The van der Waals surface area contributed by atoms with Crippen LogP contribution in [0.1, 0.15) is 24.0 Å². The number of halogens is 3. The van der Waals surface area contributed by atoms with E-state index in [0.717, 1.165) is 11.6 Å². The van der Waals surface area contributed by atoms with Gasteiger partial charge in [0.15, 0.2) is 9.84 Å². The van der Waals surface area contributed by atoms with Crippen LogP contribution in [0.15, 0.2) is 42.5 Å². The van der Waals surface area contributed by atoms with Gasteiger partial charge in [0.1, 0.15) is 11.9 Å². The van der Waals surface area contributed by atoms with Crippen LogP contribution in [0, 0.1) is 0 Å². The Morgan fingerprint density at radius 1 is 1.15 bits per heavy atom. The largest absolute Gasteiger partial charge is 0.487 e. The van der Waals surface area contributed by atoms with Gasteiger partial charge in [0.05, 0.1) is 23.6 Å². The minimum atomic E-state index is -4.48. The summed E-state index contributed by atoms with van der Waals surface area (Å²) in [5, 5.41) is 2.83. The van der Waals surface area contributed by atoms with Gasteiger partial charge in [0, 0.05) is 31.0 Å². The number of sulfone groups is 1. The molecule has 6 nitrogen and oxygen atoms in total. The van der Waals surface area contributed by atoms with E-state index in [1.54, 1.807) is 18.2 Å². The molecule has 0 aliphatic carbocycles. The van der Waals surface area contributed by atoms with Crippen molar-refractivity contribution in [2.75, 3.05) is 31.6 Å². The predicted molar refractivity (Wildman–Crippen MR) is 122 cm³/mol. The molecule has 2 atom stereocenters. The molecule has 2 aliphatic rings. The van der Waals surface area contributed by atoms with E-state index in [2.05, 4.69) is 5.32 Å². The van der Waals surface area contributed by atoms with E-state index in [4.69, 9.17) is 4.74 Å². The third kappa shape index (κ3) is 5.55. The molecule has 0 aromatic heterocycles. The molecule has 34 heavy (non-hydrogen) atoms. The highest BCUT2D eigenvalue weighted by Crippen LogP contribution is 2.43. The SMILES string of the molecule is CN(CCC(=O)NC[C@H]1Cc2cccc(-c3ccccc3C(F)(F)F)c2O1)[C@@H]1CCS(=O)(=O)C1. The Kier molecular flexibility index (Phi) is 6.91. The zero-order valence-corrected chi connectivity index (χ0v) is 19.6. The number of carbonyl (C=O) groups is 1. The van der Waals surface area contributed by atoms with Gasteiger partial charge in [-0.15, -0.1) is 0 Å². The number of hydrogen-bond acceptors (Lipinski definition) is 5. The van der Waals surface area contributed by atoms with Gasteiger partial charge in [-0.25, -0.2) is 8.42 Å². The maximum atomic E-state index is 13.5. The molecule has 0 bridgehead atoms. The van der Waals surface area contributed by atoms with Crippen LogP contribution in [0.5, 0.6) is 5.75 Å². The van der Waals surface area contributed by atoms with Crippen molar-refractivity contribution in [1.29, 1.82) is 0 Å². The standard InChI is InChI=1S/C24H27F3N2O4S/c1-29(17-10-12-34(31,32)15-17)11-9-22(30)28-14-18-13-16-5-4-7-20(23(16)33-18)19-6-2-3-8-21(19)24(25,26)27/h2-8,17-18H,9-15H2,1H3,(H,28,30)/t17-,18-/m1/s1. The van der Waals surface area contributed by atoms with Gasteiger partial charge < -0.3 is 15.0 Å². The van der Waals surface area contributed by atoms with Gasteiger partial charge in [0.25, 0.3) is 0 Å². The predicted octanol–water partition coefficient (Wildman–Crippen LogP) is 3.30. The maximum absolute atomic E-state index is 13.5. The summed E-state index contributed by atoms with van der Waals surface area (Å²) >= 11 is 0. The Bertz CT molecular complexity index is 1170. The Morgan fingerprint density at radius 2 is 1.88 bits per heavy atom. The average molecular weight is 497 g/mol. The zero-order chi connectivity index (χ0) is 24.5. The number of nitrogens with zero attached hydrogens (tertiary/aromatic N) is 1. The Hall–Kier alpha value is -2.59. The molecule has 2 aliphatic heterocycles. The molecule has 0 saturated carbocycles. The monoisotopic (exact) mass is 496 g/mol. The number of alkyl halides is 3. The summed E-state index contributed by atoms with van der Waals surface area (Å²) in [5.74, 6) is 0.540. The second-order valence-electron chi connectivity index (χ2n) is 8.87.